The molecule has 0 aliphatic heterocycles. The minimum absolute atomic E-state index is 0.0641. The van der Waals surface area contributed by atoms with Crippen molar-refractivity contribution in [2.45, 2.75) is 135 Å². The van der Waals surface area contributed by atoms with Crippen molar-refractivity contribution in [2.75, 3.05) is 0 Å². The Hall–Kier alpha value is -3.46. The highest BCUT2D eigenvalue weighted by Gasteiger charge is 2.30. The first-order valence-electron chi connectivity index (χ1n) is 17.3. The Balaban J connectivity index is 0.000000826. The number of allylic oxidation sites excluding steroid dienone is 2. The Bertz CT molecular complexity index is 1520. The lowest BCUT2D eigenvalue weighted by Crippen LogP contribution is -2.19. The number of rotatable bonds is 10. The van der Waals surface area contributed by atoms with Crippen LogP contribution in [0, 0.1) is 54.4 Å². The van der Waals surface area contributed by atoms with Crippen molar-refractivity contribution in [1.29, 1.82) is 0 Å². The van der Waals surface area contributed by atoms with Gasteiger partial charge in [-0.1, -0.05) is 90.3 Å². The zero-order valence-electron chi connectivity index (χ0n) is 31.4. The van der Waals surface area contributed by atoms with Crippen LogP contribution in [-0.2, 0) is 11.4 Å². The van der Waals surface area contributed by atoms with Gasteiger partial charge >= 0.3 is 0 Å². The van der Waals surface area contributed by atoms with Gasteiger partial charge in [0.05, 0.1) is 0 Å². The van der Waals surface area contributed by atoms with Gasteiger partial charge in [0.25, 0.3) is 0 Å². The van der Waals surface area contributed by atoms with E-state index in [1.54, 1.807) is 0 Å². The number of carbonyl (C=O) groups is 2. The van der Waals surface area contributed by atoms with Gasteiger partial charge in [0, 0.05) is 24.0 Å². The molecule has 0 saturated carbocycles. The van der Waals surface area contributed by atoms with Crippen LogP contribution in [0.5, 0.6) is 5.75 Å². The zero-order valence-corrected chi connectivity index (χ0v) is 31.4. The fraction of sp³-hybridized carbons (Fsp3) is 0.488. The highest BCUT2D eigenvalue weighted by molar-refractivity contribution is 6.29. The Kier molecular flexibility index (Phi) is 14.7. The molecule has 0 saturated heterocycles. The van der Waals surface area contributed by atoms with Crippen LogP contribution in [0.3, 0.4) is 0 Å². The molecule has 0 fully saturated rings. The van der Waals surface area contributed by atoms with E-state index in [0.29, 0.717) is 19.4 Å². The predicted molar refractivity (Wildman–Crippen MR) is 197 cm³/mol. The molecule has 0 heterocycles. The third kappa shape index (κ3) is 8.87. The second-order valence-electron chi connectivity index (χ2n) is 13.3. The van der Waals surface area contributed by atoms with Crippen molar-refractivity contribution in [3.63, 3.8) is 0 Å². The smallest absolute Gasteiger partial charge is 0.167 e. The average Bonchev–Trinajstić information content (AvgIpc) is 3.01. The minimum atomic E-state index is 0.0641. The van der Waals surface area contributed by atoms with Crippen LogP contribution in [0.15, 0.2) is 42.0 Å². The van der Waals surface area contributed by atoms with Gasteiger partial charge in [-0.05, 0) is 129 Å². The SMILES string of the molecule is CC.CC1=C(c2c(C)c(C)c(C(C)CC(=O)c3c(C)cc(OCc4ccccc4)c(C)c3C)c(C)c2C)C(=O)C1.CCCC(C)C. The summed E-state index contributed by atoms with van der Waals surface area (Å²) >= 11 is 0. The second kappa shape index (κ2) is 17.5. The predicted octanol–water partition coefficient (Wildman–Crippen LogP) is 12.0. The molecule has 3 nitrogen and oxygen atoms in total. The van der Waals surface area contributed by atoms with E-state index >= 15 is 0 Å². The summed E-state index contributed by atoms with van der Waals surface area (Å²) in [5, 5.41) is 0. The van der Waals surface area contributed by atoms with Crippen molar-refractivity contribution in [2.24, 2.45) is 5.92 Å². The van der Waals surface area contributed by atoms with E-state index in [1.165, 1.54) is 35.1 Å². The largest absolute Gasteiger partial charge is 0.489 e. The van der Waals surface area contributed by atoms with E-state index in [9.17, 15) is 9.59 Å². The number of aryl methyl sites for hydroxylation is 1. The number of carbonyl (C=O) groups excluding carboxylic acids is 2. The van der Waals surface area contributed by atoms with Gasteiger partial charge in [0.1, 0.15) is 12.4 Å². The van der Waals surface area contributed by atoms with E-state index in [-0.39, 0.29) is 17.5 Å². The molecule has 0 amide bonds. The molecule has 0 aromatic heterocycles. The first kappa shape index (κ1) is 38.7. The average molecular weight is 625 g/mol. The standard InChI is InChI=1S/C35H40O3.C6H14.C2H6/c1-19(32-24(6)26(8)35(27(9)25(32)7)34-20(2)16-30(34)37)15-29(36)33-21(3)17-31(22(4)23(33)5)38-18-28-13-11-10-12-14-28;1-4-5-6(2)3;1-2/h10-14,17,19H,15-16,18H2,1-9H3;6H,4-5H2,1-3H3;1-2H3. The van der Waals surface area contributed by atoms with Gasteiger partial charge in [0.2, 0.25) is 0 Å². The highest BCUT2D eigenvalue weighted by atomic mass is 16.5. The topological polar surface area (TPSA) is 43.4 Å². The maximum Gasteiger partial charge on any atom is 0.167 e. The third-order valence-corrected chi connectivity index (χ3v) is 9.48. The molecule has 4 rings (SSSR count). The van der Waals surface area contributed by atoms with Crippen molar-refractivity contribution >= 4 is 17.1 Å². The molecular formula is C43H60O3. The van der Waals surface area contributed by atoms with Crippen LogP contribution in [0.25, 0.3) is 5.57 Å². The summed E-state index contributed by atoms with van der Waals surface area (Å²) in [6.07, 6.45) is 3.71. The number of hydrogen-bond acceptors (Lipinski definition) is 3. The molecule has 0 spiro atoms. The van der Waals surface area contributed by atoms with Crippen LogP contribution in [0.2, 0.25) is 0 Å². The van der Waals surface area contributed by atoms with E-state index in [1.807, 2.05) is 58.9 Å². The van der Waals surface area contributed by atoms with Crippen LogP contribution in [-0.4, -0.2) is 11.6 Å². The summed E-state index contributed by atoms with van der Waals surface area (Å²) in [6.45, 7) is 30.0. The molecule has 0 N–H and O–H groups in total. The van der Waals surface area contributed by atoms with Gasteiger partial charge in [-0.15, -0.1) is 0 Å². The quantitative estimate of drug-likeness (QED) is 0.211. The molecule has 3 heteroatoms. The zero-order chi connectivity index (χ0) is 34.9. The molecule has 3 aromatic carbocycles. The van der Waals surface area contributed by atoms with Gasteiger partial charge in [0.15, 0.2) is 11.6 Å². The lowest BCUT2D eigenvalue weighted by atomic mass is 9.75. The lowest BCUT2D eigenvalue weighted by molar-refractivity contribution is -0.114. The third-order valence-electron chi connectivity index (χ3n) is 9.48. The fourth-order valence-electron chi connectivity index (χ4n) is 6.78. The van der Waals surface area contributed by atoms with Crippen LogP contribution < -0.4 is 4.74 Å². The van der Waals surface area contributed by atoms with Crippen molar-refractivity contribution < 1.29 is 14.3 Å². The maximum atomic E-state index is 13.7. The number of hydrogen-bond donors (Lipinski definition) is 0. The Morgan fingerprint density at radius 3 is 1.83 bits per heavy atom. The monoisotopic (exact) mass is 624 g/mol. The van der Waals surface area contributed by atoms with Gasteiger partial charge in [-0.3, -0.25) is 9.59 Å². The summed E-state index contributed by atoms with van der Waals surface area (Å²) in [5.74, 6) is 2.19. The molecule has 250 valence electrons. The summed E-state index contributed by atoms with van der Waals surface area (Å²) < 4.78 is 6.15. The number of benzene rings is 3. The number of Topliss-reactive ketones (excluding diaryl/α,β-unsaturated/α-hetero) is 2. The molecule has 1 aliphatic rings. The first-order chi connectivity index (χ1) is 21.7. The van der Waals surface area contributed by atoms with Crippen LogP contribution in [0.4, 0.5) is 0 Å². The van der Waals surface area contributed by atoms with E-state index in [4.69, 9.17) is 4.74 Å². The summed E-state index contributed by atoms with van der Waals surface area (Å²) in [4.78, 5) is 26.1. The molecule has 46 heavy (non-hydrogen) atoms. The molecular weight excluding hydrogens is 564 g/mol. The maximum absolute atomic E-state index is 13.7. The van der Waals surface area contributed by atoms with E-state index in [0.717, 1.165) is 61.7 Å². The first-order valence-corrected chi connectivity index (χ1v) is 17.3. The minimum Gasteiger partial charge on any atom is -0.489 e. The summed E-state index contributed by atoms with van der Waals surface area (Å²) in [6, 6.07) is 12.1. The van der Waals surface area contributed by atoms with Gasteiger partial charge < -0.3 is 4.74 Å². The Morgan fingerprint density at radius 1 is 0.804 bits per heavy atom. The van der Waals surface area contributed by atoms with Crippen LogP contribution in [0.1, 0.15) is 146 Å². The second-order valence-corrected chi connectivity index (χ2v) is 13.3. The Labute approximate surface area is 280 Å². The molecule has 1 unspecified atom stereocenters. The van der Waals surface area contributed by atoms with E-state index < -0.39 is 0 Å². The number of ketones is 2. The van der Waals surface area contributed by atoms with E-state index in [2.05, 4.69) is 74.4 Å². The normalized spacial score (nSPS) is 13.0. The molecule has 0 radical (unpaired) electrons. The molecule has 3 aromatic rings. The lowest BCUT2D eigenvalue weighted by Gasteiger charge is -2.29. The van der Waals surface area contributed by atoms with Crippen molar-refractivity contribution in [3.05, 3.63) is 103 Å². The molecule has 0 bridgehead atoms. The van der Waals surface area contributed by atoms with Crippen LogP contribution >= 0.6 is 0 Å². The number of ether oxygens (including phenoxy) is 1. The molecule has 1 aliphatic carbocycles. The Morgan fingerprint density at radius 2 is 1.37 bits per heavy atom. The molecule has 1 atom stereocenters. The van der Waals surface area contributed by atoms with Gasteiger partial charge in [-0.2, -0.15) is 0 Å². The van der Waals surface area contributed by atoms with Crippen molar-refractivity contribution in [1.82, 2.24) is 0 Å². The summed E-state index contributed by atoms with van der Waals surface area (Å²) in [5.41, 5.74) is 14.0. The van der Waals surface area contributed by atoms with Crippen molar-refractivity contribution in [3.8, 4) is 5.75 Å². The summed E-state index contributed by atoms with van der Waals surface area (Å²) in [7, 11) is 0. The van der Waals surface area contributed by atoms with Gasteiger partial charge in [-0.25, -0.2) is 0 Å². The highest BCUT2D eigenvalue weighted by Crippen LogP contribution is 2.42. The fourth-order valence-corrected chi connectivity index (χ4v) is 6.78.